The highest BCUT2D eigenvalue weighted by Crippen LogP contribution is 2.28. The minimum Gasteiger partial charge on any atom is -0.415 e. The lowest BCUT2D eigenvalue weighted by atomic mass is 9.97. The second-order valence-electron chi connectivity index (χ2n) is 8.71. The third-order valence-electron chi connectivity index (χ3n) is 6.24. The molecule has 1 aromatic carbocycles. The van der Waals surface area contributed by atoms with E-state index in [-0.39, 0.29) is 24.3 Å². The van der Waals surface area contributed by atoms with Gasteiger partial charge in [0, 0.05) is 42.9 Å². The summed E-state index contributed by atoms with van der Waals surface area (Å²) >= 11 is 0. The molecule has 0 saturated carbocycles. The molecule has 1 saturated heterocycles. The molecule has 0 aliphatic carbocycles. The highest BCUT2D eigenvalue weighted by molar-refractivity contribution is 5.96. The molecule has 186 valence electrons. The topological polar surface area (TPSA) is 92.7 Å². The largest absolute Gasteiger partial charge is 0.415 e. The Morgan fingerprint density at radius 1 is 1.08 bits per heavy atom. The van der Waals surface area contributed by atoms with E-state index in [2.05, 4.69) is 25.1 Å². The van der Waals surface area contributed by atoms with Crippen LogP contribution in [-0.2, 0) is 11.3 Å². The smallest absolute Gasteiger partial charge is 0.314 e. The fraction of sp³-hybridized carbons (Fsp3) is 0.192. The van der Waals surface area contributed by atoms with Gasteiger partial charge in [0.2, 0.25) is 11.8 Å². The third-order valence-corrected chi connectivity index (χ3v) is 6.24. The van der Waals surface area contributed by atoms with Crippen LogP contribution in [0.3, 0.4) is 0 Å². The number of imidazole rings is 1. The molecule has 0 spiro atoms. The number of pyridine rings is 2. The van der Waals surface area contributed by atoms with Crippen LogP contribution < -0.4 is 9.80 Å². The van der Waals surface area contributed by atoms with E-state index in [0.29, 0.717) is 30.0 Å². The molecule has 1 aliphatic rings. The Balaban J connectivity index is 1.23. The number of fused-ring (bicyclic) bond motifs is 1. The molecular formula is C26H21F2N7O2. The van der Waals surface area contributed by atoms with Crippen LogP contribution in [0.5, 0.6) is 0 Å². The average Bonchev–Trinajstić information content (AvgIpc) is 3.54. The monoisotopic (exact) mass is 501 g/mol. The van der Waals surface area contributed by atoms with Crippen molar-refractivity contribution in [3.8, 4) is 11.5 Å². The number of nitrogens with zero attached hydrogens (tertiary/aromatic N) is 7. The molecule has 0 unspecified atom stereocenters. The van der Waals surface area contributed by atoms with Crippen molar-refractivity contribution in [3.63, 3.8) is 0 Å². The molecule has 0 radical (unpaired) electrons. The van der Waals surface area contributed by atoms with Gasteiger partial charge in [-0.3, -0.25) is 4.79 Å². The highest BCUT2D eigenvalue weighted by atomic mass is 19.3. The predicted molar refractivity (Wildman–Crippen MR) is 131 cm³/mol. The summed E-state index contributed by atoms with van der Waals surface area (Å²) in [7, 11) is 0. The zero-order chi connectivity index (χ0) is 25.4. The lowest BCUT2D eigenvalue weighted by molar-refractivity contribution is -0.123. The van der Waals surface area contributed by atoms with Crippen molar-refractivity contribution in [1.82, 2.24) is 24.6 Å². The zero-order valence-corrected chi connectivity index (χ0v) is 19.5. The Bertz CT molecular complexity index is 1530. The number of amides is 1. The maximum atomic E-state index is 13.6. The van der Waals surface area contributed by atoms with E-state index in [0.717, 1.165) is 11.5 Å². The van der Waals surface area contributed by atoms with Crippen LogP contribution in [-0.4, -0.2) is 43.6 Å². The van der Waals surface area contributed by atoms with Crippen LogP contribution in [0.15, 0.2) is 83.7 Å². The van der Waals surface area contributed by atoms with Crippen LogP contribution >= 0.6 is 0 Å². The van der Waals surface area contributed by atoms with E-state index in [9.17, 15) is 13.6 Å². The van der Waals surface area contributed by atoms with Gasteiger partial charge in [0.1, 0.15) is 11.5 Å². The molecule has 0 N–H and O–H groups in total. The van der Waals surface area contributed by atoms with Crippen LogP contribution in [0.25, 0.3) is 17.1 Å². The minimum absolute atomic E-state index is 0.00844. The number of benzene rings is 1. The van der Waals surface area contributed by atoms with Gasteiger partial charge < -0.3 is 18.6 Å². The molecular weight excluding hydrogens is 480 g/mol. The molecule has 11 heteroatoms. The molecule has 5 aromatic rings. The second-order valence-corrected chi connectivity index (χ2v) is 8.71. The van der Waals surface area contributed by atoms with Gasteiger partial charge >= 0.3 is 6.43 Å². The molecule has 0 bridgehead atoms. The van der Waals surface area contributed by atoms with Gasteiger partial charge in [-0.2, -0.15) is 8.78 Å². The number of carbonyl (C=O) groups is 1. The summed E-state index contributed by atoms with van der Waals surface area (Å²) in [6, 6.07) is 18.6. The molecule has 9 nitrogen and oxygen atoms in total. The number of halogens is 2. The molecule has 1 fully saturated rings. The summed E-state index contributed by atoms with van der Waals surface area (Å²) in [5.74, 6) is -0.0239. The Hall–Kier alpha value is -4.67. The first-order chi connectivity index (χ1) is 18.0. The van der Waals surface area contributed by atoms with Crippen molar-refractivity contribution in [2.45, 2.75) is 13.0 Å². The number of rotatable bonds is 7. The van der Waals surface area contributed by atoms with E-state index < -0.39 is 12.3 Å². The number of anilines is 2. The summed E-state index contributed by atoms with van der Waals surface area (Å²) in [4.78, 5) is 26.4. The van der Waals surface area contributed by atoms with Gasteiger partial charge in [-0.05, 0) is 36.4 Å². The maximum absolute atomic E-state index is 13.6. The first kappa shape index (κ1) is 22.8. The lowest BCUT2D eigenvalue weighted by Crippen LogP contribution is -2.55. The maximum Gasteiger partial charge on any atom is 0.314 e. The van der Waals surface area contributed by atoms with Gasteiger partial charge in [-0.1, -0.05) is 24.3 Å². The van der Waals surface area contributed by atoms with Gasteiger partial charge in [0.25, 0.3) is 5.89 Å². The van der Waals surface area contributed by atoms with Crippen molar-refractivity contribution < 1.29 is 18.0 Å². The normalized spacial score (nSPS) is 13.8. The standard InChI is InChI=1S/C26H21F2N7O2/c27-23(28)25-32-31-24(37-25)17-9-11-33-15-19(30-22(33)12-17)16-35(20-6-2-1-3-7-20)26(36)18-13-34(14-18)21-8-4-5-10-29-21/h1-12,15,18,23H,13-14,16H2. The quantitative estimate of drug-likeness (QED) is 0.327. The van der Waals surface area contributed by atoms with Crippen molar-refractivity contribution in [3.05, 3.63) is 90.8 Å². The summed E-state index contributed by atoms with van der Waals surface area (Å²) in [6.07, 6.45) is 2.47. The fourth-order valence-electron chi connectivity index (χ4n) is 4.33. The number of hydrogen-bond donors (Lipinski definition) is 0. The molecule has 37 heavy (non-hydrogen) atoms. The number of alkyl halides is 2. The first-order valence-electron chi connectivity index (χ1n) is 11.7. The van der Waals surface area contributed by atoms with Crippen LogP contribution in [0, 0.1) is 5.92 Å². The number of hydrogen-bond acceptors (Lipinski definition) is 7. The van der Waals surface area contributed by atoms with Crippen molar-refractivity contribution in [2.75, 3.05) is 22.9 Å². The van der Waals surface area contributed by atoms with E-state index in [1.54, 1.807) is 33.8 Å². The summed E-state index contributed by atoms with van der Waals surface area (Å²) in [6.45, 7) is 1.47. The average molecular weight is 501 g/mol. The lowest BCUT2D eigenvalue weighted by Gasteiger charge is -2.41. The van der Waals surface area contributed by atoms with Crippen molar-refractivity contribution >= 4 is 23.1 Å². The minimum atomic E-state index is -2.84. The predicted octanol–water partition coefficient (Wildman–Crippen LogP) is 4.39. The SMILES string of the molecule is O=C(C1CN(c2ccccn2)C1)N(Cc1cn2ccc(-c3nnc(C(F)F)o3)cc2n1)c1ccccc1. The van der Waals surface area contributed by atoms with Gasteiger partial charge in [-0.25, -0.2) is 9.97 Å². The third kappa shape index (κ3) is 4.51. The second kappa shape index (κ2) is 9.41. The van der Waals surface area contributed by atoms with Crippen molar-refractivity contribution in [1.29, 1.82) is 0 Å². The Kier molecular flexibility index (Phi) is 5.79. The molecule has 5 heterocycles. The van der Waals surface area contributed by atoms with E-state index in [1.807, 2.05) is 54.7 Å². The van der Waals surface area contributed by atoms with Crippen LogP contribution in [0.4, 0.5) is 20.3 Å². The summed E-state index contributed by atoms with van der Waals surface area (Å²) in [5.41, 5.74) is 2.50. The van der Waals surface area contributed by atoms with E-state index >= 15 is 0 Å². The first-order valence-corrected chi connectivity index (χ1v) is 11.7. The van der Waals surface area contributed by atoms with Gasteiger partial charge in [-0.15, -0.1) is 10.2 Å². The Morgan fingerprint density at radius 3 is 2.62 bits per heavy atom. The molecule has 1 aliphatic heterocycles. The van der Waals surface area contributed by atoms with Crippen LogP contribution in [0.1, 0.15) is 18.0 Å². The molecule has 1 amide bonds. The number of para-hydroxylation sites is 1. The van der Waals surface area contributed by atoms with E-state index in [4.69, 9.17) is 4.42 Å². The molecule has 4 aromatic heterocycles. The highest BCUT2D eigenvalue weighted by Gasteiger charge is 2.36. The summed E-state index contributed by atoms with van der Waals surface area (Å²) < 4.78 is 32.5. The fourth-order valence-corrected chi connectivity index (χ4v) is 4.33. The Labute approximate surface area is 210 Å². The van der Waals surface area contributed by atoms with Gasteiger partial charge in [0.15, 0.2) is 0 Å². The zero-order valence-electron chi connectivity index (χ0n) is 19.5. The Morgan fingerprint density at radius 2 is 1.89 bits per heavy atom. The summed E-state index contributed by atoms with van der Waals surface area (Å²) in [5, 5.41) is 7.08. The van der Waals surface area contributed by atoms with E-state index in [1.165, 1.54) is 0 Å². The molecule has 6 rings (SSSR count). The van der Waals surface area contributed by atoms with Crippen LogP contribution in [0.2, 0.25) is 0 Å². The van der Waals surface area contributed by atoms with Crippen molar-refractivity contribution in [2.24, 2.45) is 5.92 Å². The number of aromatic nitrogens is 5. The number of carbonyl (C=O) groups excluding carboxylic acids is 1. The molecule has 0 atom stereocenters. The van der Waals surface area contributed by atoms with Gasteiger partial charge in [0.05, 0.1) is 18.2 Å².